The fourth-order valence-corrected chi connectivity index (χ4v) is 3.35. The number of ether oxygens (including phenoxy) is 1. The van der Waals surface area contributed by atoms with Crippen LogP contribution in [0, 0.1) is 0 Å². The van der Waals surface area contributed by atoms with Gasteiger partial charge in [0.15, 0.2) is 0 Å². The van der Waals surface area contributed by atoms with Crippen molar-refractivity contribution in [1.82, 2.24) is 5.32 Å². The number of hydrogen-bond acceptors (Lipinski definition) is 3. The van der Waals surface area contributed by atoms with Gasteiger partial charge in [0, 0.05) is 12.6 Å². The molecular weight excluding hydrogens is 214 g/mol. The molecule has 0 bridgehead atoms. The van der Waals surface area contributed by atoms with Crippen LogP contribution in [0.25, 0.3) is 0 Å². The first kappa shape index (κ1) is 13.3. The molecule has 1 saturated heterocycles. The zero-order valence-corrected chi connectivity index (χ0v) is 11.2. The number of aliphatic hydroxyl groups excluding tert-OH is 1. The molecule has 1 heterocycles. The van der Waals surface area contributed by atoms with Crippen LogP contribution < -0.4 is 5.32 Å². The molecule has 3 atom stereocenters. The van der Waals surface area contributed by atoms with Crippen LogP contribution in [0.2, 0.25) is 0 Å². The second kappa shape index (κ2) is 5.68. The third kappa shape index (κ3) is 3.67. The molecule has 0 radical (unpaired) electrons. The minimum Gasteiger partial charge on any atom is -0.393 e. The van der Waals surface area contributed by atoms with Gasteiger partial charge in [-0.15, -0.1) is 0 Å². The predicted octanol–water partition coefficient (Wildman–Crippen LogP) is 2.23. The second-order valence-electron chi connectivity index (χ2n) is 6.06. The summed E-state index contributed by atoms with van der Waals surface area (Å²) in [6.45, 7) is 4.92. The fraction of sp³-hybridized carbons (Fsp3) is 1.00. The molecular formula is C14H27NO2. The fourth-order valence-electron chi connectivity index (χ4n) is 3.35. The lowest BCUT2D eigenvalue weighted by Crippen LogP contribution is -2.36. The monoisotopic (exact) mass is 241 g/mol. The Kier molecular flexibility index (Phi) is 4.45. The predicted molar refractivity (Wildman–Crippen MR) is 69.1 cm³/mol. The zero-order chi connectivity index (χ0) is 12.3. The van der Waals surface area contributed by atoms with Gasteiger partial charge in [-0.1, -0.05) is 12.8 Å². The average molecular weight is 241 g/mol. The van der Waals surface area contributed by atoms with Crippen LogP contribution in [-0.2, 0) is 4.74 Å². The van der Waals surface area contributed by atoms with E-state index < -0.39 is 0 Å². The van der Waals surface area contributed by atoms with E-state index in [0.717, 1.165) is 13.0 Å². The van der Waals surface area contributed by atoms with Crippen LogP contribution in [0.3, 0.4) is 0 Å². The Morgan fingerprint density at radius 2 is 2.00 bits per heavy atom. The third-order valence-corrected chi connectivity index (χ3v) is 4.24. The third-order valence-electron chi connectivity index (χ3n) is 4.24. The second-order valence-corrected chi connectivity index (χ2v) is 6.06. The number of hydrogen-bond donors (Lipinski definition) is 2. The summed E-state index contributed by atoms with van der Waals surface area (Å²) in [5.41, 5.74) is 0.250. The van der Waals surface area contributed by atoms with E-state index in [0.29, 0.717) is 12.1 Å². The summed E-state index contributed by atoms with van der Waals surface area (Å²) in [4.78, 5) is 0. The van der Waals surface area contributed by atoms with Crippen molar-refractivity contribution in [3.8, 4) is 0 Å². The first-order chi connectivity index (χ1) is 8.10. The molecule has 2 rings (SSSR count). The average Bonchev–Trinajstić information content (AvgIpc) is 2.86. The lowest BCUT2D eigenvalue weighted by atomic mass is 9.98. The normalized spacial score (nSPS) is 30.9. The molecule has 3 unspecified atom stereocenters. The van der Waals surface area contributed by atoms with Gasteiger partial charge in [0.1, 0.15) is 0 Å². The van der Waals surface area contributed by atoms with Crippen molar-refractivity contribution in [2.45, 2.75) is 82.6 Å². The molecule has 2 aliphatic rings. The first-order valence-electron chi connectivity index (χ1n) is 7.19. The van der Waals surface area contributed by atoms with Crippen LogP contribution in [0.15, 0.2) is 0 Å². The number of rotatable bonds is 5. The standard InChI is InChI=1S/C14H27NO2/c1-11(9-12(2)16)15-10-13-5-8-14(17-13)6-3-4-7-14/h11-13,15-16H,3-10H2,1-2H3. The Hall–Kier alpha value is -0.120. The minimum absolute atomic E-state index is 0.219. The van der Waals surface area contributed by atoms with Crippen LogP contribution in [0.4, 0.5) is 0 Å². The maximum absolute atomic E-state index is 9.31. The van der Waals surface area contributed by atoms with Gasteiger partial charge in [-0.3, -0.25) is 0 Å². The van der Waals surface area contributed by atoms with E-state index in [1.54, 1.807) is 0 Å². The van der Waals surface area contributed by atoms with Gasteiger partial charge in [-0.2, -0.15) is 0 Å². The molecule has 0 aromatic heterocycles. The van der Waals surface area contributed by atoms with Gasteiger partial charge in [0.25, 0.3) is 0 Å². The maximum atomic E-state index is 9.31. The van der Waals surface area contributed by atoms with E-state index >= 15 is 0 Å². The van der Waals surface area contributed by atoms with Crippen molar-refractivity contribution >= 4 is 0 Å². The highest BCUT2D eigenvalue weighted by Gasteiger charge is 2.41. The summed E-state index contributed by atoms with van der Waals surface area (Å²) in [5.74, 6) is 0. The van der Waals surface area contributed by atoms with E-state index in [4.69, 9.17) is 4.74 Å². The molecule has 0 aromatic carbocycles. The zero-order valence-electron chi connectivity index (χ0n) is 11.2. The summed E-state index contributed by atoms with van der Waals surface area (Å²) in [5, 5.41) is 12.8. The van der Waals surface area contributed by atoms with E-state index in [9.17, 15) is 5.11 Å². The molecule has 0 amide bonds. The Labute approximate surface area is 105 Å². The maximum Gasteiger partial charge on any atom is 0.0708 e. The van der Waals surface area contributed by atoms with E-state index in [2.05, 4.69) is 12.2 Å². The number of nitrogens with one attached hydrogen (secondary N) is 1. The molecule has 1 aliphatic heterocycles. The highest BCUT2D eigenvalue weighted by atomic mass is 16.5. The van der Waals surface area contributed by atoms with Crippen LogP contribution in [0.1, 0.15) is 58.8 Å². The lowest BCUT2D eigenvalue weighted by molar-refractivity contribution is -0.0361. The summed E-state index contributed by atoms with van der Waals surface area (Å²) in [6.07, 6.45) is 8.68. The molecule has 1 saturated carbocycles. The molecule has 17 heavy (non-hydrogen) atoms. The van der Waals surface area contributed by atoms with Crippen molar-refractivity contribution in [3.63, 3.8) is 0 Å². The van der Waals surface area contributed by atoms with Gasteiger partial charge in [-0.05, 0) is 46.0 Å². The van der Waals surface area contributed by atoms with Crippen molar-refractivity contribution in [1.29, 1.82) is 0 Å². The van der Waals surface area contributed by atoms with Crippen molar-refractivity contribution in [2.24, 2.45) is 0 Å². The SMILES string of the molecule is CC(O)CC(C)NCC1CCC2(CCCC2)O1. The van der Waals surface area contributed by atoms with Crippen molar-refractivity contribution < 1.29 is 9.84 Å². The van der Waals surface area contributed by atoms with E-state index in [1.807, 2.05) is 6.92 Å². The van der Waals surface area contributed by atoms with Crippen molar-refractivity contribution in [3.05, 3.63) is 0 Å². The van der Waals surface area contributed by atoms with Crippen LogP contribution >= 0.6 is 0 Å². The van der Waals surface area contributed by atoms with Gasteiger partial charge >= 0.3 is 0 Å². The Bertz CT molecular complexity index is 236. The minimum atomic E-state index is -0.219. The largest absolute Gasteiger partial charge is 0.393 e. The Morgan fingerprint density at radius 1 is 1.29 bits per heavy atom. The molecule has 1 spiro atoms. The number of aliphatic hydroxyl groups is 1. The van der Waals surface area contributed by atoms with Crippen LogP contribution in [-0.4, -0.2) is 35.5 Å². The van der Waals surface area contributed by atoms with Gasteiger partial charge < -0.3 is 15.2 Å². The summed E-state index contributed by atoms with van der Waals surface area (Å²) in [6, 6.07) is 0.374. The van der Waals surface area contributed by atoms with Crippen LogP contribution in [0.5, 0.6) is 0 Å². The highest BCUT2D eigenvalue weighted by molar-refractivity contribution is 4.93. The molecule has 3 heteroatoms. The quantitative estimate of drug-likeness (QED) is 0.775. The Morgan fingerprint density at radius 3 is 2.65 bits per heavy atom. The first-order valence-corrected chi connectivity index (χ1v) is 7.19. The lowest BCUT2D eigenvalue weighted by Gasteiger charge is -2.25. The Balaban J connectivity index is 1.67. The summed E-state index contributed by atoms with van der Waals surface area (Å²) < 4.78 is 6.24. The molecule has 1 aliphatic carbocycles. The smallest absolute Gasteiger partial charge is 0.0708 e. The van der Waals surface area contributed by atoms with Crippen molar-refractivity contribution in [2.75, 3.05) is 6.54 Å². The van der Waals surface area contributed by atoms with Gasteiger partial charge in [-0.25, -0.2) is 0 Å². The van der Waals surface area contributed by atoms with Gasteiger partial charge in [0.05, 0.1) is 17.8 Å². The van der Waals surface area contributed by atoms with Gasteiger partial charge in [0.2, 0.25) is 0 Å². The molecule has 0 aromatic rings. The van der Waals surface area contributed by atoms with E-state index in [1.165, 1.54) is 38.5 Å². The summed E-state index contributed by atoms with van der Waals surface area (Å²) in [7, 11) is 0. The molecule has 2 N–H and O–H groups in total. The highest BCUT2D eigenvalue weighted by Crippen LogP contribution is 2.43. The molecule has 100 valence electrons. The van der Waals surface area contributed by atoms with E-state index in [-0.39, 0.29) is 11.7 Å². The topological polar surface area (TPSA) is 41.5 Å². The molecule has 3 nitrogen and oxygen atoms in total. The molecule has 2 fully saturated rings. The summed E-state index contributed by atoms with van der Waals surface area (Å²) >= 11 is 0.